The van der Waals surface area contributed by atoms with Crippen molar-refractivity contribution in [3.05, 3.63) is 69.7 Å². The number of nitrogens with two attached hydrogens (primary N) is 1. The van der Waals surface area contributed by atoms with E-state index >= 15 is 0 Å². The molecule has 36 heavy (non-hydrogen) atoms. The van der Waals surface area contributed by atoms with Crippen LogP contribution in [0.4, 0.5) is 0 Å². The first-order valence-electron chi connectivity index (χ1n) is 13.0. The Morgan fingerprint density at radius 3 is 2.25 bits per heavy atom. The molecular weight excluding hydrogens is 493 g/mol. The molecule has 0 bridgehead atoms. The van der Waals surface area contributed by atoms with Crippen LogP contribution in [0.25, 0.3) is 0 Å². The summed E-state index contributed by atoms with van der Waals surface area (Å²) in [5.41, 5.74) is 6.69. The summed E-state index contributed by atoms with van der Waals surface area (Å²) in [6.07, 6.45) is 3.96. The summed E-state index contributed by atoms with van der Waals surface area (Å²) in [6, 6.07) is 15.3. The van der Waals surface area contributed by atoms with E-state index in [1.165, 1.54) is 0 Å². The van der Waals surface area contributed by atoms with E-state index in [0.717, 1.165) is 56.6 Å². The van der Waals surface area contributed by atoms with Gasteiger partial charge in [0, 0.05) is 24.0 Å². The van der Waals surface area contributed by atoms with Crippen molar-refractivity contribution in [2.24, 2.45) is 5.73 Å². The molecule has 0 radical (unpaired) electrons. The van der Waals surface area contributed by atoms with Crippen LogP contribution in [0.3, 0.4) is 0 Å². The zero-order valence-corrected chi connectivity index (χ0v) is 23.2. The number of piperidine rings is 2. The van der Waals surface area contributed by atoms with E-state index in [-0.39, 0.29) is 11.4 Å². The molecule has 2 heterocycles. The third-order valence-electron chi connectivity index (χ3n) is 8.35. The Morgan fingerprint density at radius 2 is 1.67 bits per heavy atom. The second-order valence-electron chi connectivity index (χ2n) is 11.5. The number of amides is 1. The van der Waals surface area contributed by atoms with Gasteiger partial charge in [0.05, 0.1) is 21.7 Å². The van der Waals surface area contributed by atoms with Crippen LogP contribution in [0, 0.1) is 0 Å². The fourth-order valence-electron chi connectivity index (χ4n) is 6.33. The third kappa shape index (κ3) is 5.46. The van der Waals surface area contributed by atoms with Crippen molar-refractivity contribution in [3.63, 3.8) is 0 Å². The van der Waals surface area contributed by atoms with Crippen LogP contribution in [0.2, 0.25) is 10.0 Å². The predicted octanol–water partition coefficient (Wildman–Crippen LogP) is 5.35. The fraction of sp³-hybridized carbons (Fsp3) is 0.552. The molecule has 2 atom stereocenters. The monoisotopic (exact) mass is 531 g/mol. The second kappa shape index (κ2) is 10.6. The lowest BCUT2D eigenvalue weighted by molar-refractivity contribution is -0.132. The number of aliphatic hydroxyl groups is 1. The van der Waals surface area contributed by atoms with Crippen molar-refractivity contribution in [3.8, 4) is 0 Å². The van der Waals surface area contributed by atoms with E-state index in [4.69, 9.17) is 28.9 Å². The Hall–Kier alpha value is -1.63. The van der Waals surface area contributed by atoms with E-state index < -0.39 is 17.1 Å². The molecule has 2 fully saturated rings. The highest BCUT2D eigenvalue weighted by atomic mass is 35.5. The minimum atomic E-state index is -0.789. The maximum Gasteiger partial charge on any atom is 0.235 e. The normalized spacial score (nSPS) is 25.6. The molecule has 0 aromatic heterocycles. The van der Waals surface area contributed by atoms with Crippen molar-refractivity contribution in [1.82, 2.24) is 9.80 Å². The number of benzene rings is 2. The number of rotatable bonds is 6. The Kier molecular flexibility index (Phi) is 8.09. The number of nitrogens with zero attached hydrogens (tertiary/aromatic N) is 2. The quantitative estimate of drug-likeness (QED) is 0.526. The molecule has 0 aliphatic carbocycles. The van der Waals surface area contributed by atoms with Gasteiger partial charge in [-0.25, -0.2) is 0 Å². The predicted molar refractivity (Wildman–Crippen MR) is 147 cm³/mol. The molecule has 2 aliphatic heterocycles. The summed E-state index contributed by atoms with van der Waals surface area (Å²) >= 11 is 12.8. The molecule has 0 saturated carbocycles. The summed E-state index contributed by atoms with van der Waals surface area (Å²) in [6.45, 7) is 9.66. The van der Waals surface area contributed by atoms with Gasteiger partial charge in [0.2, 0.25) is 5.91 Å². The molecule has 1 amide bonds. The van der Waals surface area contributed by atoms with Crippen molar-refractivity contribution < 1.29 is 9.90 Å². The summed E-state index contributed by atoms with van der Waals surface area (Å²) in [7, 11) is 0. The van der Waals surface area contributed by atoms with Gasteiger partial charge in [0.25, 0.3) is 0 Å². The van der Waals surface area contributed by atoms with Gasteiger partial charge in [0.15, 0.2) is 0 Å². The van der Waals surface area contributed by atoms with Crippen LogP contribution < -0.4 is 5.73 Å². The molecule has 0 spiro atoms. The number of carbonyl (C=O) groups is 1. The van der Waals surface area contributed by atoms with E-state index in [2.05, 4.69) is 30.6 Å². The standard InChI is InChI=1S/C29H39Cl2N3O2/c1-27(2,3)34-16-7-12-28(25(34)26(32)35,22-10-11-23(30)24(31)20-22)13-17-33-18-14-29(36,15-19-33)21-8-5-4-6-9-21/h4-6,8-11,20,25,36H,7,12-19H2,1-3H3,(H2,32,35). The average molecular weight is 533 g/mol. The molecule has 2 aromatic carbocycles. The number of primary amides is 1. The van der Waals surface area contributed by atoms with E-state index in [0.29, 0.717) is 22.9 Å². The SMILES string of the molecule is CC(C)(C)N1CCCC(CCN2CCC(O)(c3ccccc3)CC2)(c2ccc(Cl)c(Cl)c2)C1C(N)=O. The number of hydrogen-bond acceptors (Lipinski definition) is 4. The van der Waals surface area contributed by atoms with Crippen LogP contribution in [0.15, 0.2) is 48.5 Å². The lowest BCUT2D eigenvalue weighted by Crippen LogP contribution is -2.65. The van der Waals surface area contributed by atoms with E-state index in [9.17, 15) is 9.90 Å². The molecule has 4 rings (SSSR count). The third-order valence-corrected chi connectivity index (χ3v) is 9.09. The maximum atomic E-state index is 13.1. The minimum Gasteiger partial charge on any atom is -0.385 e. The molecular formula is C29H39Cl2N3O2. The second-order valence-corrected chi connectivity index (χ2v) is 12.4. The molecule has 2 saturated heterocycles. The molecule has 2 aromatic rings. The molecule has 2 aliphatic rings. The molecule has 7 heteroatoms. The topological polar surface area (TPSA) is 69.8 Å². The minimum absolute atomic E-state index is 0.209. The number of halogens is 2. The van der Waals surface area contributed by atoms with Gasteiger partial charge in [0.1, 0.15) is 0 Å². The Morgan fingerprint density at radius 1 is 1.00 bits per heavy atom. The van der Waals surface area contributed by atoms with E-state index in [1.807, 2.05) is 48.5 Å². The Balaban J connectivity index is 1.61. The molecule has 2 unspecified atom stereocenters. The summed E-state index contributed by atoms with van der Waals surface area (Å²) < 4.78 is 0. The lowest BCUT2D eigenvalue weighted by atomic mass is 9.64. The van der Waals surface area contributed by atoms with Gasteiger partial charge in [-0.1, -0.05) is 59.6 Å². The Bertz CT molecular complexity index is 1060. The molecule has 196 valence electrons. The largest absolute Gasteiger partial charge is 0.385 e. The van der Waals surface area contributed by atoms with Crippen molar-refractivity contribution in [2.75, 3.05) is 26.2 Å². The Labute approximate surface area is 225 Å². The highest BCUT2D eigenvalue weighted by molar-refractivity contribution is 6.42. The van der Waals surface area contributed by atoms with Gasteiger partial charge in [-0.3, -0.25) is 9.69 Å². The first kappa shape index (κ1) is 27.4. The van der Waals surface area contributed by atoms with Crippen LogP contribution >= 0.6 is 23.2 Å². The molecule has 5 nitrogen and oxygen atoms in total. The number of hydrogen-bond donors (Lipinski definition) is 2. The van der Waals surface area contributed by atoms with Gasteiger partial charge < -0.3 is 15.7 Å². The number of carbonyl (C=O) groups excluding carboxylic acids is 1. The van der Waals surface area contributed by atoms with E-state index in [1.54, 1.807) is 0 Å². The van der Waals surface area contributed by atoms with Crippen molar-refractivity contribution >= 4 is 29.1 Å². The highest BCUT2D eigenvalue weighted by Gasteiger charge is 2.51. The summed E-state index contributed by atoms with van der Waals surface area (Å²) in [5, 5.41) is 12.3. The summed E-state index contributed by atoms with van der Waals surface area (Å²) in [4.78, 5) is 17.8. The highest BCUT2D eigenvalue weighted by Crippen LogP contribution is 2.46. The van der Waals surface area contributed by atoms with Crippen molar-refractivity contribution in [2.45, 2.75) is 75.5 Å². The first-order valence-corrected chi connectivity index (χ1v) is 13.7. The smallest absolute Gasteiger partial charge is 0.235 e. The summed E-state index contributed by atoms with van der Waals surface area (Å²) in [5.74, 6) is -0.298. The zero-order valence-electron chi connectivity index (χ0n) is 21.6. The molecule has 3 N–H and O–H groups in total. The van der Waals surface area contributed by atoms with Gasteiger partial charge in [-0.15, -0.1) is 0 Å². The maximum absolute atomic E-state index is 13.1. The van der Waals surface area contributed by atoms with Crippen molar-refractivity contribution in [1.29, 1.82) is 0 Å². The van der Waals surface area contributed by atoms with Gasteiger partial charge in [-0.05, 0) is 89.2 Å². The van der Waals surface area contributed by atoms with Crippen LogP contribution in [-0.4, -0.2) is 58.6 Å². The van der Waals surface area contributed by atoms with Crippen LogP contribution in [0.5, 0.6) is 0 Å². The van der Waals surface area contributed by atoms with Gasteiger partial charge in [-0.2, -0.15) is 0 Å². The van der Waals surface area contributed by atoms with Crippen LogP contribution in [0.1, 0.15) is 64.0 Å². The van der Waals surface area contributed by atoms with Gasteiger partial charge >= 0.3 is 0 Å². The lowest BCUT2D eigenvalue weighted by Gasteiger charge is -2.54. The van der Waals surface area contributed by atoms with Crippen LogP contribution in [-0.2, 0) is 15.8 Å². The number of likely N-dealkylation sites (tertiary alicyclic amines) is 2. The first-order chi connectivity index (χ1) is 17.0. The zero-order chi connectivity index (χ0) is 26.1. The average Bonchev–Trinajstić information content (AvgIpc) is 2.85. The fourth-order valence-corrected chi connectivity index (χ4v) is 6.63.